The summed E-state index contributed by atoms with van der Waals surface area (Å²) in [7, 11) is 0. The third-order valence-corrected chi connectivity index (χ3v) is 4.08. The van der Waals surface area contributed by atoms with Crippen LogP contribution in [0.5, 0.6) is 0 Å². The third kappa shape index (κ3) is 2.84. The van der Waals surface area contributed by atoms with Crippen LogP contribution in [0.2, 0.25) is 0 Å². The minimum absolute atomic E-state index is 0.107. The number of carbonyl (C=O) groups is 1. The second kappa shape index (κ2) is 5.52. The summed E-state index contributed by atoms with van der Waals surface area (Å²) >= 11 is 3.46. The molecule has 1 N–H and O–H groups in total. The highest BCUT2D eigenvalue weighted by molar-refractivity contribution is 9.10. The Hall–Kier alpha value is -1.69. The number of anilines is 1. The molecule has 0 radical (unpaired) electrons. The third-order valence-electron chi connectivity index (χ3n) is 2.93. The summed E-state index contributed by atoms with van der Waals surface area (Å²) in [5.74, 6) is -0.107. The Balaban J connectivity index is 2.17. The Morgan fingerprint density at radius 1 is 1.37 bits per heavy atom. The van der Waals surface area contributed by atoms with Gasteiger partial charge < -0.3 is 5.32 Å². The summed E-state index contributed by atoms with van der Waals surface area (Å²) in [5, 5.41) is 7.21. The number of halogens is 1. The molecule has 0 aromatic carbocycles. The topological polar surface area (TPSA) is 59.8 Å². The van der Waals surface area contributed by atoms with E-state index in [1.807, 2.05) is 20.8 Å². The van der Waals surface area contributed by atoms with E-state index in [0.717, 1.165) is 21.5 Å². The van der Waals surface area contributed by atoms with Gasteiger partial charge in [-0.25, -0.2) is 0 Å². The molecule has 5 nitrogen and oxygen atoms in total. The van der Waals surface area contributed by atoms with Crippen molar-refractivity contribution in [3.8, 4) is 0 Å². The van der Waals surface area contributed by atoms with Crippen molar-refractivity contribution in [3.05, 3.63) is 40.4 Å². The first-order valence-electron chi connectivity index (χ1n) is 5.92. The van der Waals surface area contributed by atoms with Crippen LogP contribution in [-0.4, -0.2) is 20.7 Å². The highest BCUT2D eigenvalue weighted by Crippen LogP contribution is 2.23. The Kier molecular flexibility index (Phi) is 3.99. The summed E-state index contributed by atoms with van der Waals surface area (Å²) < 4.78 is 2.66. The van der Waals surface area contributed by atoms with E-state index < -0.39 is 0 Å². The minimum Gasteiger partial charge on any atom is -0.324 e. The van der Waals surface area contributed by atoms with E-state index in [-0.39, 0.29) is 11.9 Å². The van der Waals surface area contributed by atoms with Gasteiger partial charge in [-0.05, 0) is 48.8 Å². The van der Waals surface area contributed by atoms with Crippen molar-refractivity contribution in [1.29, 1.82) is 0 Å². The first-order valence-corrected chi connectivity index (χ1v) is 6.72. The van der Waals surface area contributed by atoms with E-state index in [2.05, 4.69) is 31.3 Å². The highest BCUT2D eigenvalue weighted by Gasteiger charge is 2.20. The predicted octanol–water partition coefficient (Wildman–Crippen LogP) is 2.86. The Morgan fingerprint density at radius 2 is 2.00 bits per heavy atom. The fourth-order valence-electron chi connectivity index (χ4n) is 1.81. The van der Waals surface area contributed by atoms with Gasteiger partial charge >= 0.3 is 0 Å². The van der Waals surface area contributed by atoms with Crippen LogP contribution in [0.15, 0.2) is 29.0 Å². The minimum atomic E-state index is -0.377. The number of pyridine rings is 1. The summed E-state index contributed by atoms with van der Waals surface area (Å²) in [6.07, 6.45) is 3.28. The average molecular weight is 323 g/mol. The molecule has 0 spiro atoms. The van der Waals surface area contributed by atoms with E-state index in [1.165, 1.54) is 0 Å². The first kappa shape index (κ1) is 13.7. The number of carbonyl (C=O) groups excluding carboxylic acids is 1. The van der Waals surface area contributed by atoms with Crippen molar-refractivity contribution < 1.29 is 4.79 Å². The summed E-state index contributed by atoms with van der Waals surface area (Å²) in [5.41, 5.74) is 2.54. The van der Waals surface area contributed by atoms with Crippen LogP contribution in [0.25, 0.3) is 0 Å². The molecule has 1 amide bonds. The average Bonchev–Trinajstić information content (AvgIpc) is 2.67. The summed E-state index contributed by atoms with van der Waals surface area (Å²) in [6.45, 7) is 5.66. The van der Waals surface area contributed by atoms with Gasteiger partial charge in [0.2, 0.25) is 5.91 Å². The van der Waals surface area contributed by atoms with Gasteiger partial charge in [0.1, 0.15) is 6.04 Å². The van der Waals surface area contributed by atoms with E-state index in [0.29, 0.717) is 0 Å². The lowest BCUT2D eigenvalue weighted by atomic mass is 10.3. The zero-order chi connectivity index (χ0) is 14.0. The summed E-state index contributed by atoms with van der Waals surface area (Å²) in [6, 6.07) is 3.13. The number of nitrogens with one attached hydrogen (secondary N) is 1. The lowest BCUT2D eigenvalue weighted by Crippen LogP contribution is -2.25. The van der Waals surface area contributed by atoms with E-state index in [9.17, 15) is 4.79 Å². The number of nitrogens with zero attached hydrogens (tertiary/aromatic N) is 3. The van der Waals surface area contributed by atoms with Crippen molar-refractivity contribution in [3.63, 3.8) is 0 Å². The van der Waals surface area contributed by atoms with Crippen LogP contribution in [-0.2, 0) is 4.79 Å². The molecule has 1 unspecified atom stereocenters. The molecule has 0 saturated heterocycles. The summed E-state index contributed by atoms with van der Waals surface area (Å²) in [4.78, 5) is 16.1. The monoisotopic (exact) mass is 322 g/mol. The largest absolute Gasteiger partial charge is 0.324 e. The number of rotatable bonds is 3. The molecule has 2 aromatic rings. The van der Waals surface area contributed by atoms with Crippen molar-refractivity contribution in [2.45, 2.75) is 26.8 Å². The van der Waals surface area contributed by atoms with Gasteiger partial charge in [0, 0.05) is 18.1 Å². The van der Waals surface area contributed by atoms with Gasteiger partial charge in [0.05, 0.1) is 15.9 Å². The van der Waals surface area contributed by atoms with Crippen LogP contribution in [0, 0.1) is 13.8 Å². The number of aromatic nitrogens is 3. The maximum absolute atomic E-state index is 12.2. The maximum Gasteiger partial charge on any atom is 0.248 e. The standard InChI is InChI=1S/C13H15BrN4O/c1-8-12(14)9(2)18(17-8)10(3)13(19)16-11-4-6-15-7-5-11/h4-7,10H,1-3H3,(H,15,16,19). The second-order valence-corrected chi connectivity index (χ2v) is 5.12. The highest BCUT2D eigenvalue weighted by atomic mass is 79.9. The molecule has 0 fully saturated rings. The van der Waals surface area contributed by atoms with E-state index >= 15 is 0 Å². The Bertz CT molecular complexity index is 594. The SMILES string of the molecule is Cc1nn(C(C)C(=O)Nc2ccncc2)c(C)c1Br. The number of hydrogen-bond acceptors (Lipinski definition) is 3. The number of amides is 1. The molecule has 0 aliphatic carbocycles. The van der Waals surface area contributed by atoms with Gasteiger partial charge in [-0.15, -0.1) is 0 Å². The van der Waals surface area contributed by atoms with Crippen molar-refractivity contribution in [1.82, 2.24) is 14.8 Å². The second-order valence-electron chi connectivity index (χ2n) is 4.33. The normalized spacial score (nSPS) is 12.2. The quantitative estimate of drug-likeness (QED) is 0.945. The molecule has 1 atom stereocenters. The molecular formula is C13H15BrN4O. The molecule has 100 valence electrons. The van der Waals surface area contributed by atoms with Gasteiger partial charge in [-0.1, -0.05) is 0 Å². The molecule has 0 bridgehead atoms. The molecule has 2 rings (SSSR count). The van der Waals surface area contributed by atoms with Gasteiger partial charge in [0.25, 0.3) is 0 Å². The van der Waals surface area contributed by atoms with Crippen LogP contribution >= 0.6 is 15.9 Å². The van der Waals surface area contributed by atoms with Gasteiger partial charge in [-0.2, -0.15) is 5.10 Å². The van der Waals surface area contributed by atoms with Crippen LogP contribution in [0.4, 0.5) is 5.69 Å². The van der Waals surface area contributed by atoms with E-state index in [1.54, 1.807) is 29.2 Å². The molecule has 0 aliphatic rings. The molecular weight excluding hydrogens is 308 g/mol. The molecule has 2 aromatic heterocycles. The fraction of sp³-hybridized carbons (Fsp3) is 0.308. The van der Waals surface area contributed by atoms with Crippen molar-refractivity contribution in [2.75, 3.05) is 5.32 Å². The number of hydrogen-bond donors (Lipinski definition) is 1. The number of aryl methyl sites for hydroxylation is 1. The predicted molar refractivity (Wildman–Crippen MR) is 77.0 cm³/mol. The smallest absolute Gasteiger partial charge is 0.248 e. The zero-order valence-electron chi connectivity index (χ0n) is 11.0. The lowest BCUT2D eigenvalue weighted by molar-refractivity contribution is -0.119. The maximum atomic E-state index is 12.2. The van der Waals surface area contributed by atoms with Crippen LogP contribution in [0.3, 0.4) is 0 Å². The van der Waals surface area contributed by atoms with E-state index in [4.69, 9.17) is 0 Å². The zero-order valence-corrected chi connectivity index (χ0v) is 12.6. The first-order chi connectivity index (χ1) is 9.00. The molecule has 0 saturated carbocycles. The van der Waals surface area contributed by atoms with Crippen molar-refractivity contribution >= 4 is 27.5 Å². The van der Waals surface area contributed by atoms with Crippen LogP contribution < -0.4 is 5.32 Å². The van der Waals surface area contributed by atoms with Gasteiger partial charge in [0.15, 0.2) is 0 Å². The lowest BCUT2D eigenvalue weighted by Gasteiger charge is -2.14. The van der Waals surface area contributed by atoms with Crippen LogP contribution in [0.1, 0.15) is 24.4 Å². The van der Waals surface area contributed by atoms with Gasteiger partial charge in [-0.3, -0.25) is 14.5 Å². The van der Waals surface area contributed by atoms with Crippen molar-refractivity contribution in [2.24, 2.45) is 0 Å². The fourth-order valence-corrected chi connectivity index (χ4v) is 2.07. The molecule has 19 heavy (non-hydrogen) atoms. The molecule has 0 aliphatic heterocycles. The molecule has 6 heteroatoms. The molecule has 2 heterocycles. The Morgan fingerprint density at radius 3 is 2.53 bits per heavy atom. The Labute approximate surface area is 120 Å².